The summed E-state index contributed by atoms with van der Waals surface area (Å²) in [5, 5.41) is 13.5. The second-order valence-corrected chi connectivity index (χ2v) is 3.78. The third-order valence-electron chi connectivity index (χ3n) is 2.29. The first kappa shape index (κ1) is 12.5. The Morgan fingerprint density at radius 3 is 2.89 bits per heavy atom. The molecule has 2 aromatic rings. The molecule has 0 amide bonds. The van der Waals surface area contributed by atoms with Gasteiger partial charge in [0.2, 0.25) is 5.89 Å². The Hall–Kier alpha value is -1.95. The van der Waals surface area contributed by atoms with Crippen LogP contribution in [-0.4, -0.2) is 16.7 Å². The Morgan fingerprint density at radius 2 is 2.11 bits per heavy atom. The molecule has 1 heterocycles. The maximum atomic E-state index is 13.4. The Kier molecular flexibility index (Phi) is 4.25. The van der Waals surface area contributed by atoms with Crippen LogP contribution in [0.15, 0.2) is 28.7 Å². The van der Waals surface area contributed by atoms with Gasteiger partial charge in [0.25, 0.3) is 0 Å². The summed E-state index contributed by atoms with van der Waals surface area (Å²) in [4.78, 5) is 0. The Morgan fingerprint density at radius 1 is 1.28 bits per heavy atom. The highest BCUT2D eigenvalue weighted by Crippen LogP contribution is 2.18. The molecule has 0 aliphatic rings. The van der Waals surface area contributed by atoms with Crippen LogP contribution >= 0.6 is 0 Å². The fourth-order valence-electron chi connectivity index (χ4n) is 1.43. The third kappa shape index (κ3) is 3.27. The van der Waals surface area contributed by atoms with Gasteiger partial charge < -0.3 is 15.1 Å². The van der Waals surface area contributed by atoms with Gasteiger partial charge in [-0.1, -0.05) is 24.2 Å². The lowest BCUT2D eigenvalue weighted by Gasteiger charge is -2.01. The summed E-state index contributed by atoms with van der Waals surface area (Å²) in [6.45, 7) is 3.48. The maximum absolute atomic E-state index is 13.4. The normalized spacial score (nSPS) is 10.6. The van der Waals surface area contributed by atoms with Crippen molar-refractivity contribution in [2.24, 2.45) is 0 Å². The zero-order valence-electron chi connectivity index (χ0n) is 10.1. The van der Waals surface area contributed by atoms with E-state index in [4.69, 9.17) is 4.42 Å². The van der Waals surface area contributed by atoms with Gasteiger partial charge in [-0.05, 0) is 25.1 Å². The van der Waals surface area contributed by atoms with Gasteiger partial charge >= 0.3 is 6.01 Å². The van der Waals surface area contributed by atoms with Crippen molar-refractivity contribution in [2.45, 2.75) is 19.9 Å². The SMILES string of the molecule is CCCNCc1nnc(Nc2ccccc2F)o1. The maximum Gasteiger partial charge on any atom is 0.320 e. The van der Waals surface area contributed by atoms with Crippen LogP contribution in [0.1, 0.15) is 19.2 Å². The van der Waals surface area contributed by atoms with Gasteiger partial charge in [0.1, 0.15) is 5.82 Å². The number of rotatable bonds is 6. The van der Waals surface area contributed by atoms with E-state index in [0.29, 0.717) is 18.1 Å². The van der Waals surface area contributed by atoms with Crippen LogP contribution in [0.25, 0.3) is 0 Å². The molecular weight excluding hydrogens is 235 g/mol. The summed E-state index contributed by atoms with van der Waals surface area (Å²) in [5.74, 6) is 0.114. The summed E-state index contributed by atoms with van der Waals surface area (Å²) in [7, 11) is 0. The molecule has 0 aliphatic heterocycles. The number of hydrogen-bond donors (Lipinski definition) is 2. The molecule has 0 unspecified atom stereocenters. The molecule has 0 fully saturated rings. The summed E-state index contributed by atoms with van der Waals surface area (Å²) in [5.41, 5.74) is 0.314. The van der Waals surface area contributed by atoms with E-state index in [-0.39, 0.29) is 11.8 Å². The number of anilines is 2. The molecule has 5 nitrogen and oxygen atoms in total. The van der Waals surface area contributed by atoms with Crippen molar-refractivity contribution in [2.75, 3.05) is 11.9 Å². The molecule has 0 aliphatic carbocycles. The average molecular weight is 250 g/mol. The molecule has 1 aromatic carbocycles. The van der Waals surface area contributed by atoms with E-state index in [2.05, 4.69) is 27.8 Å². The summed E-state index contributed by atoms with van der Waals surface area (Å²) in [6, 6.07) is 6.50. The van der Waals surface area contributed by atoms with Crippen molar-refractivity contribution >= 4 is 11.7 Å². The van der Waals surface area contributed by atoms with Gasteiger partial charge in [-0.2, -0.15) is 0 Å². The molecule has 6 heteroatoms. The molecule has 0 atom stereocenters. The number of nitrogens with zero attached hydrogens (tertiary/aromatic N) is 2. The standard InChI is InChI=1S/C12H15FN4O/c1-2-7-14-8-11-16-17-12(18-11)15-10-6-4-3-5-9(10)13/h3-6,14H,2,7-8H2,1H3,(H,15,17). The van der Waals surface area contributed by atoms with Crippen LogP contribution in [0.5, 0.6) is 0 Å². The summed E-state index contributed by atoms with van der Waals surface area (Å²) < 4.78 is 18.7. The minimum atomic E-state index is -0.360. The lowest BCUT2D eigenvalue weighted by Crippen LogP contribution is -2.13. The van der Waals surface area contributed by atoms with E-state index in [1.807, 2.05) is 0 Å². The summed E-state index contributed by atoms with van der Waals surface area (Å²) in [6.07, 6.45) is 1.04. The Labute approximate surface area is 104 Å². The van der Waals surface area contributed by atoms with E-state index in [0.717, 1.165) is 13.0 Å². The van der Waals surface area contributed by atoms with Gasteiger partial charge in [0, 0.05) is 0 Å². The van der Waals surface area contributed by atoms with Crippen LogP contribution in [0.2, 0.25) is 0 Å². The van der Waals surface area contributed by atoms with Crippen molar-refractivity contribution in [1.82, 2.24) is 15.5 Å². The topological polar surface area (TPSA) is 63.0 Å². The van der Waals surface area contributed by atoms with Crippen molar-refractivity contribution in [3.8, 4) is 0 Å². The monoisotopic (exact) mass is 250 g/mol. The molecule has 0 spiro atoms. The molecule has 1 aromatic heterocycles. The highest BCUT2D eigenvalue weighted by atomic mass is 19.1. The predicted octanol–water partition coefficient (Wildman–Crippen LogP) is 2.45. The first-order valence-electron chi connectivity index (χ1n) is 5.84. The van der Waals surface area contributed by atoms with Crippen molar-refractivity contribution in [3.05, 3.63) is 36.0 Å². The second kappa shape index (κ2) is 6.11. The lowest BCUT2D eigenvalue weighted by atomic mass is 10.3. The predicted molar refractivity (Wildman–Crippen MR) is 66.0 cm³/mol. The van der Waals surface area contributed by atoms with Gasteiger partial charge in [0.05, 0.1) is 12.2 Å². The largest absolute Gasteiger partial charge is 0.406 e. The fraction of sp³-hybridized carbons (Fsp3) is 0.333. The number of hydrogen-bond acceptors (Lipinski definition) is 5. The number of para-hydroxylation sites is 1. The second-order valence-electron chi connectivity index (χ2n) is 3.78. The number of aromatic nitrogens is 2. The van der Waals surface area contributed by atoms with Crippen LogP contribution in [0, 0.1) is 5.82 Å². The van der Waals surface area contributed by atoms with Crippen LogP contribution < -0.4 is 10.6 Å². The first-order chi connectivity index (χ1) is 8.79. The zero-order chi connectivity index (χ0) is 12.8. The van der Waals surface area contributed by atoms with Gasteiger partial charge in [0.15, 0.2) is 0 Å². The van der Waals surface area contributed by atoms with E-state index in [9.17, 15) is 4.39 Å². The van der Waals surface area contributed by atoms with Gasteiger partial charge in [-0.15, -0.1) is 5.10 Å². The molecule has 0 bridgehead atoms. The fourth-order valence-corrected chi connectivity index (χ4v) is 1.43. The van der Waals surface area contributed by atoms with E-state index < -0.39 is 0 Å². The first-order valence-corrected chi connectivity index (χ1v) is 5.84. The number of nitrogens with one attached hydrogen (secondary N) is 2. The summed E-state index contributed by atoms with van der Waals surface area (Å²) >= 11 is 0. The highest BCUT2D eigenvalue weighted by molar-refractivity contribution is 5.52. The lowest BCUT2D eigenvalue weighted by molar-refractivity contribution is 0.479. The van der Waals surface area contributed by atoms with E-state index >= 15 is 0 Å². The molecular formula is C12H15FN4O. The molecule has 0 saturated heterocycles. The van der Waals surface area contributed by atoms with Gasteiger partial charge in [-0.25, -0.2) is 4.39 Å². The molecule has 0 saturated carbocycles. The Bertz CT molecular complexity index is 500. The number of benzene rings is 1. The molecule has 96 valence electrons. The van der Waals surface area contributed by atoms with Crippen LogP contribution in [0.4, 0.5) is 16.1 Å². The van der Waals surface area contributed by atoms with Crippen LogP contribution in [-0.2, 0) is 6.54 Å². The smallest absolute Gasteiger partial charge is 0.320 e. The average Bonchev–Trinajstić information content (AvgIpc) is 2.80. The molecule has 0 radical (unpaired) electrons. The Balaban J connectivity index is 1.96. The zero-order valence-corrected chi connectivity index (χ0v) is 10.1. The van der Waals surface area contributed by atoms with E-state index in [1.54, 1.807) is 18.2 Å². The van der Waals surface area contributed by atoms with Crippen molar-refractivity contribution in [1.29, 1.82) is 0 Å². The quantitative estimate of drug-likeness (QED) is 0.771. The van der Waals surface area contributed by atoms with Crippen molar-refractivity contribution in [3.63, 3.8) is 0 Å². The molecule has 18 heavy (non-hydrogen) atoms. The van der Waals surface area contributed by atoms with Crippen LogP contribution in [0.3, 0.4) is 0 Å². The highest BCUT2D eigenvalue weighted by Gasteiger charge is 2.07. The molecule has 2 rings (SSSR count). The van der Waals surface area contributed by atoms with E-state index in [1.165, 1.54) is 6.07 Å². The minimum absolute atomic E-state index is 0.188. The third-order valence-corrected chi connectivity index (χ3v) is 2.29. The number of halogens is 1. The van der Waals surface area contributed by atoms with Crippen molar-refractivity contribution < 1.29 is 8.81 Å². The molecule has 2 N–H and O–H groups in total. The minimum Gasteiger partial charge on any atom is -0.406 e. The van der Waals surface area contributed by atoms with Gasteiger partial charge in [-0.3, -0.25) is 0 Å².